The number of carbonyl (C=O) groups is 1. The Balaban J connectivity index is 2.25. The molecule has 0 radical (unpaired) electrons. The Hall–Kier alpha value is -1.46. The summed E-state index contributed by atoms with van der Waals surface area (Å²) >= 11 is 0. The van der Waals surface area contributed by atoms with E-state index in [4.69, 9.17) is 10.5 Å². The van der Waals surface area contributed by atoms with Crippen LogP contribution >= 0.6 is 0 Å². The molecule has 1 aliphatic heterocycles. The van der Waals surface area contributed by atoms with Crippen LogP contribution in [0.1, 0.15) is 40.5 Å². The van der Waals surface area contributed by atoms with Crippen LogP contribution in [0.5, 0.6) is 0 Å². The van der Waals surface area contributed by atoms with Crippen LogP contribution in [0.25, 0.3) is 0 Å². The first-order valence-electron chi connectivity index (χ1n) is 7.29. The summed E-state index contributed by atoms with van der Waals surface area (Å²) in [5, 5.41) is 2.66. The summed E-state index contributed by atoms with van der Waals surface area (Å²) in [5.41, 5.74) is 5.49. The molecule has 1 rings (SSSR count). The molecule has 1 amide bonds. The van der Waals surface area contributed by atoms with E-state index >= 15 is 0 Å². The third kappa shape index (κ3) is 6.63. The molecule has 0 aromatic heterocycles. The number of likely N-dealkylation sites (tertiary alicyclic amines) is 1. The molecule has 1 heterocycles. The highest BCUT2D eigenvalue weighted by molar-refractivity contribution is 5.78. The van der Waals surface area contributed by atoms with Gasteiger partial charge in [-0.3, -0.25) is 4.99 Å². The van der Waals surface area contributed by atoms with Gasteiger partial charge in [-0.05, 0) is 39.5 Å². The Kier molecular flexibility index (Phi) is 6.10. The number of ether oxygens (including phenoxy) is 1. The summed E-state index contributed by atoms with van der Waals surface area (Å²) in [6.45, 7) is 10.6. The number of carbonyl (C=O) groups excluding carboxylic acids is 1. The minimum Gasteiger partial charge on any atom is -0.444 e. The molecule has 1 atom stereocenters. The average molecular weight is 284 g/mol. The molecule has 1 fully saturated rings. The number of amides is 1. The molecule has 0 aromatic rings. The van der Waals surface area contributed by atoms with Crippen molar-refractivity contribution in [2.45, 2.75) is 46.1 Å². The molecular formula is C14H28N4O2. The van der Waals surface area contributed by atoms with Gasteiger partial charge >= 0.3 is 6.09 Å². The van der Waals surface area contributed by atoms with Gasteiger partial charge in [0, 0.05) is 19.6 Å². The number of hydrogen-bond acceptors (Lipinski definition) is 3. The van der Waals surface area contributed by atoms with Gasteiger partial charge in [-0.1, -0.05) is 6.92 Å². The van der Waals surface area contributed by atoms with Gasteiger partial charge in [-0.2, -0.15) is 0 Å². The van der Waals surface area contributed by atoms with Crippen LogP contribution in [0.15, 0.2) is 4.99 Å². The first-order valence-corrected chi connectivity index (χ1v) is 7.29. The fraction of sp³-hybridized carbons (Fsp3) is 0.857. The summed E-state index contributed by atoms with van der Waals surface area (Å²) < 4.78 is 5.13. The molecule has 20 heavy (non-hydrogen) atoms. The highest BCUT2D eigenvalue weighted by Crippen LogP contribution is 2.14. The van der Waals surface area contributed by atoms with Crippen LogP contribution in [-0.4, -0.2) is 48.7 Å². The smallest absolute Gasteiger partial charge is 0.407 e. The number of nitrogens with two attached hydrogens (primary N) is 1. The Morgan fingerprint density at radius 2 is 2.20 bits per heavy atom. The number of rotatable bonds is 3. The van der Waals surface area contributed by atoms with E-state index in [1.54, 1.807) is 0 Å². The normalized spacial score (nSPS) is 20.7. The van der Waals surface area contributed by atoms with E-state index in [0.717, 1.165) is 19.5 Å². The molecule has 1 aliphatic rings. The summed E-state index contributed by atoms with van der Waals surface area (Å²) in [6.07, 6.45) is 2.00. The van der Waals surface area contributed by atoms with Gasteiger partial charge in [-0.25, -0.2) is 4.79 Å². The zero-order valence-electron chi connectivity index (χ0n) is 13.1. The van der Waals surface area contributed by atoms with Gasteiger partial charge in [0.15, 0.2) is 5.96 Å². The maximum Gasteiger partial charge on any atom is 0.407 e. The van der Waals surface area contributed by atoms with Crippen molar-refractivity contribution in [2.24, 2.45) is 16.6 Å². The van der Waals surface area contributed by atoms with Crippen LogP contribution < -0.4 is 11.1 Å². The van der Waals surface area contributed by atoms with Crippen molar-refractivity contribution >= 4 is 12.1 Å². The van der Waals surface area contributed by atoms with Crippen molar-refractivity contribution in [1.29, 1.82) is 0 Å². The lowest BCUT2D eigenvalue weighted by Crippen LogP contribution is -2.44. The predicted octanol–water partition coefficient (Wildman–Crippen LogP) is 1.56. The third-order valence-corrected chi connectivity index (χ3v) is 3.03. The Morgan fingerprint density at radius 3 is 2.80 bits per heavy atom. The van der Waals surface area contributed by atoms with Crippen molar-refractivity contribution in [3.8, 4) is 0 Å². The quantitative estimate of drug-likeness (QED) is 0.468. The summed E-state index contributed by atoms with van der Waals surface area (Å²) in [4.78, 5) is 17.8. The Labute approximate surface area is 121 Å². The van der Waals surface area contributed by atoms with Crippen LogP contribution in [0.3, 0.4) is 0 Å². The van der Waals surface area contributed by atoms with Crippen LogP contribution in [0, 0.1) is 5.92 Å². The predicted molar refractivity (Wildman–Crippen MR) is 80.7 cm³/mol. The van der Waals surface area contributed by atoms with E-state index in [1.165, 1.54) is 6.42 Å². The van der Waals surface area contributed by atoms with Gasteiger partial charge in [-0.15, -0.1) is 0 Å². The highest BCUT2D eigenvalue weighted by Gasteiger charge is 2.18. The van der Waals surface area contributed by atoms with Crippen molar-refractivity contribution in [1.82, 2.24) is 10.2 Å². The number of piperidine rings is 1. The minimum atomic E-state index is -0.476. The SMILES string of the molecule is CC1CCCN(C(N)=NCCNC(=O)OC(C)(C)C)C1. The van der Waals surface area contributed by atoms with E-state index in [9.17, 15) is 4.79 Å². The largest absolute Gasteiger partial charge is 0.444 e. The number of alkyl carbamates (subject to hydrolysis) is 1. The second kappa shape index (κ2) is 7.36. The molecule has 1 unspecified atom stereocenters. The molecule has 6 nitrogen and oxygen atoms in total. The van der Waals surface area contributed by atoms with Crippen LogP contribution in [-0.2, 0) is 4.74 Å². The molecule has 6 heteroatoms. The maximum atomic E-state index is 11.4. The summed E-state index contributed by atoms with van der Waals surface area (Å²) in [5.74, 6) is 1.24. The number of nitrogens with zero attached hydrogens (tertiary/aromatic N) is 2. The topological polar surface area (TPSA) is 80.0 Å². The first kappa shape index (κ1) is 16.6. The van der Waals surface area contributed by atoms with Crippen molar-refractivity contribution < 1.29 is 9.53 Å². The molecule has 1 saturated heterocycles. The fourth-order valence-electron chi connectivity index (χ4n) is 2.14. The van der Waals surface area contributed by atoms with Gasteiger partial charge in [0.2, 0.25) is 0 Å². The molecular weight excluding hydrogens is 256 g/mol. The second-order valence-corrected chi connectivity index (χ2v) is 6.36. The fourth-order valence-corrected chi connectivity index (χ4v) is 2.14. The van der Waals surface area contributed by atoms with Crippen LogP contribution in [0.4, 0.5) is 4.79 Å². The number of aliphatic imine (C=N–C) groups is 1. The van der Waals surface area contributed by atoms with Gasteiger partial charge in [0.1, 0.15) is 5.60 Å². The van der Waals surface area contributed by atoms with Crippen molar-refractivity contribution in [3.05, 3.63) is 0 Å². The van der Waals surface area contributed by atoms with Gasteiger partial charge < -0.3 is 20.7 Å². The molecule has 0 spiro atoms. The van der Waals surface area contributed by atoms with E-state index < -0.39 is 11.7 Å². The average Bonchev–Trinajstić information content (AvgIpc) is 2.32. The third-order valence-electron chi connectivity index (χ3n) is 3.03. The lowest BCUT2D eigenvalue weighted by Gasteiger charge is -2.31. The molecule has 0 bridgehead atoms. The maximum absolute atomic E-state index is 11.4. The summed E-state index contributed by atoms with van der Waals surface area (Å²) in [6, 6.07) is 0. The lowest BCUT2D eigenvalue weighted by atomic mass is 10.0. The zero-order chi connectivity index (χ0) is 15.2. The van der Waals surface area contributed by atoms with Crippen LogP contribution in [0.2, 0.25) is 0 Å². The van der Waals surface area contributed by atoms with Gasteiger partial charge in [0.05, 0.1) is 6.54 Å². The zero-order valence-corrected chi connectivity index (χ0v) is 13.1. The highest BCUT2D eigenvalue weighted by atomic mass is 16.6. The molecule has 0 aliphatic carbocycles. The Bertz CT molecular complexity index is 350. The lowest BCUT2D eigenvalue weighted by molar-refractivity contribution is 0.0529. The molecule has 116 valence electrons. The van der Waals surface area contributed by atoms with Crippen molar-refractivity contribution in [2.75, 3.05) is 26.2 Å². The standard InChI is InChI=1S/C14H28N4O2/c1-11-6-5-9-18(10-11)12(15)16-7-8-17-13(19)20-14(2,3)4/h11H,5-10H2,1-4H3,(H2,15,16)(H,17,19). The summed E-state index contributed by atoms with van der Waals surface area (Å²) in [7, 11) is 0. The number of guanidine groups is 1. The number of hydrogen-bond donors (Lipinski definition) is 2. The van der Waals surface area contributed by atoms with E-state index in [-0.39, 0.29) is 0 Å². The van der Waals surface area contributed by atoms with E-state index in [1.807, 2.05) is 20.8 Å². The Morgan fingerprint density at radius 1 is 1.50 bits per heavy atom. The second-order valence-electron chi connectivity index (χ2n) is 6.36. The minimum absolute atomic E-state index is 0.419. The molecule has 3 N–H and O–H groups in total. The first-order chi connectivity index (χ1) is 9.28. The molecule has 0 aromatic carbocycles. The van der Waals surface area contributed by atoms with E-state index in [0.29, 0.717) is 25.0 Å². The number of nitrogens with one attached hydrogen (secondary N) is 1. The van der Waals surface area contributed by atoms with Crippen molar-refractivity contribution in [3.63, 3.8) is 0 Å². The molecule has 0 saturated carbocycles. The van der Waals surface area contributed by atoms with Gasteiger partial charge in [0.25, 0.3) is 0 Å². The van der Waals surface area contributed by atoms with E-state index in [2.05, 4.69) is 22.1 Å². The monoisotopic (exact) mass is 284 g/mol.